The van der Waals surface area contributed by atoms with Crippen LogP contribution in [0.5, 0.6) is 0 Å². The third-order valence-corrected chi connectivity index (χ3v) is 2.82. The minimum Gasteiger partial charge on any atom is -0.368 e. The van der Waals surface area contributed by atoms with Gasteiger partial charge < -0.3 is 11.1 Å². The summed E-state index contributed by atoms with van der Waals surface area (Å²) in [5.41, 5.74) is 5.70. The van der Waals surface area contributed by atoms with E-state index in [9.17, 15) is 0 Å². The van der Waals surface area contributed by atoms with Crippen molar-refractivity contribution in [2.45, 2.75) is 39.7 Å². The summed E-state index contributed by atoms with van der Waals surface area (Å²) in [6, 6.07) is 0.266. The Morgan fingerprint density at radius 1 is 1.20 bits per heavy atom. The topological polar surface area (TPSA) is 107 Å². The van der Waals surface area contributed by atoms with Gasteiger partial charge in [-0.2, -0.15) is 24.7 Å². The van der Waals surface area contributed by atoms with Crippen molar-refractivity contribution in [3.8, 4) is 5.95 Å². The van der Waals surface area contributed by atoms with Crippen LogP contribution in [0.1, 0.15) is 33.6 Å². The van der Waals surface area contributed by atoms with E-state index in [2.05, 4.69) is 51.1 Å². The van der Waals surface area contributed by atoms with Crippen molar-refractivity contribution in [1.29, 1.82) is 0 Å². The molecule has 108 valence electrons. The summed E-state index contributed by atoms with van der Waals surface area (Å²) in [5.74, 6) is 1.64. The summed E-state index contributed by atoms with van der Waals surface area (Å²) < 4.78 is 1.45. The summed E-state index contributed by atoms with van der Waals surface area (Å²) in [6.07, 6.45) is 5.12. The van der Waals surface area contributed by atoms with Crippen molar-refractivity contribution in [2.75, 3.05) is 11.1 Å². The van der Waals surface area contributed by atoms with Crippen LogP contribution in [0.15, 0.2) is 12.7 Å². The van der Waals surface area contributed by atoms with Crippen molar-refractivity contribution in [1.82, 2.24) is 29.7 Å². The summed E-state index contributed by atoms with van der Waals surface area (Å²) in [5, 5.41) is 7.21. The second-order valence-electron chi connectivity index (χ2n) is 5.17. The second kappa shape index (κ2) is 6.27. The monoisotopic (exact) mass is 276 g/mol. The Labute approximate surface area is 117 Å². The van der Waals surface area contributed by atoms with Crippen LogP contribution in [0, 0.1) is 5.92 Å². The Kier molecular flexibility index (Phi) is 4.44. The number of nitrogen functional groups attached to an aromatic ring is 1. The van der Waals surface area contributed by atoms with Crippen LogP contribution in [0.4, 0.5) is 11.9 Å². The molecular formula is C12H20N8. The molecule has 0 aromatic carbocycles. The number of nitrogens with two attached hydrogens (primary N) is 1. The standard InChI is InChI=1S/C12H20N8/c1-8(2)4-5-9(3)16-11-17-10(13)18-12(19-11)20-7-14-6-15-20/h6-9H,4-5H2,1-3H3,(H3,13,16,17,18,19). The number of anilines is 2. The molecule has 2 aromatic rings. The van der Waals surface area contributed by atoms with Crippen molar-refractivity contribution in [3.63, 3.8) is 0 Å². The molecule has 0 saturated heterocycles. The molecule has 8 nitrogen and oxygen atoms in total. The van der Waals surface area contributed by atoms with E-state index in [1.807, 2.05) is 0 Å². The molecule has 20 heavy (non-hydrogen) atoms. The zero-order chi connectivity index (χ0) is 14.5. The quantitative estimate of drug-likeness (QED) is 0.818. The minimum absolute atomic E-state index is 0.157. The zero-order valence-electron chi connectivity index (χ0n) is 12.0. The largest absolute Gasteiger partial charge is 0.368 e. The van der Waals surface area contributed by atoms with Gasteiger partial charge in [0.25, 0.3) is 5.95 Å². The first-order valence-corrected chi connectivity index (χ1v) is 6.67. The second-order valence-corrected chi connectivity index (χ2v) is 5.17. The molecule has 2 heterocycles. The molecule has 0 fully saturated rings. The average molecular weight is 276 g/mol. The van der Waals surface area contributed by atoms with Gasteiger partial charge in [-0.15, -0.1) is 0 Å². The van der Waals surface area contributed by atoms with Crippen LogP contribution in [0.3, 0.4) is 0 Å². The van der Waals surface area contributed by atoms with Gasteiger partial charge in [-0.1, -0.05) is 13.8 Å². The SMILES string of the molecule is CC(C)CCC(C)Nc1nc(N)nc(-n2cncn2)n1. The fourth-order valence-corrected chi connectivity index (χ4v) is 1.74. The highest BCUT2D eigenvalue weighted by Gasteiger charge is 2.10. The number of nitrogens with zero attached hydrogens (tertiary/aromatic N) is 6. The molecule has 8 heteroatoms. The Hall–Kier alpha value is -2.25. The number of rotatable bonds is 6. The minimum atomic E-state index is 0.157. The fourth-order valence-electron chi connectivity index (χ4n) is 1.74. The Balaban J connectivity index is 2.08. The van der Waals surface area contributed by atoms with Gasteiger partial charge in [-0.3, -0.25) is 0 Å². The van der Waals surface area contributed by atoms with E-state index in [-0.39, 0.29) is 12.0 Å². The van der Waals surface area contributed by atoms with E-state index in [4.69, 9.17) is 5.73 Å². The molecule has 0 amide bonds. The van der Waals surface area contributed by atoms with Gasteiger partial charge in [0.2, 0.25) is 11.9 Å². The molecular weight excluding hydrogens is 256 g/mol. The van der Waals surface area contributed by atoms with Gasteiger partial charge >= 0.3 is 0 Å². The van der Waals surface area contributed by atoms with Crippen LogP contribution in [-0.4, -0.2) is 35.8 Å². The molecule has 0 spiro atoms. The Bertz CT molecular complexity index is 536. The Morgan fingerprint density at radius 2 is 2.00 bits per heavy atom. The van der Waals surface area contributed by atoms with Gasteiger partial charge in [-0.05, 0) is 25.7 Å². The molecule has 2 aromatic heterocycles. The van der Waals surface area contributed by atoms with Crippen molar-refractivity contribution in [2.24, 2.45) is 5.92 Å². The molecule has 0 aliphatic rings. The zero-order valence-corrected chi connectivity index (χ0v) is 12.0. The molecule has 0 bridgehead atoms. The van der Waals surface area contributed by atoms with E-state index < -0.39 is 0 Å². The van der Waals surface area contributed by atoms with Crippen molar-refractivity contribution < 1.29 is 0 Å². The number of aromatic nitrogens is 6. The van der Waals surface area contributed by atoms with Crippen LogP contribution < -0.4 is 11.1 Å². The van der Waals surface area contributed by atoms with Crippen LogP contribution in [-0.2, 0) is 0 Å². The van der Waals surface area contributed by atoms with Gasteiger partial charge in [0.1, 0.15) is 12.7 Å². The van der Waals surface area contributed by atoms with E-state index in [0.29, 0.717) is 17.8 Å². The van der Waals surface area contributed by atoms with Gasteiger partial charge in [0.05, 0.1) is 0 Å². The van der Waals surface area contributed by atoms with Crippen LogP contribution in [0.25, 0.3) is 5.95 Å². The highest BCUT2D eigenvalue weighted by atomic mass is 15.4. The lowest BCUT2D eigenvalue weighted by Crippen LogP contribution is -2.19. The summed E-state index contributed by atoms with van der Waals surface area (Å²) in [4.78, 5) is 16.3. The highest BCUT2D eigenvalue weighted by molar-refractivity contribution is 5.35. The number of hydrogen-bond donors (Lipinski definition) is 2. The van der Waals surface area contributed by atoms with Crippen LogP contribution >= 0.6 is 0 Å². The van der Waals surface area contributed by atoms with Crippen molar-refractivity contribution >= 4 is 11.9 Å². The fraction of sp³-hybridized carbons (Fsp3) is 0.583. The lowest BCUT2D eigenvalue weighted by molar-refractivity contribution is 0.526. The smallest absolute Gasteiger partial charge is 0.258 e. The van der Waals surface area contributed by atoms with E-state index in [0.717, 1.165) is 12.8 Å². The van der Waals surface area contributed by atoms with Gasteiger partial charge in [0.15, 0.2) is 0 Å². The molecule has 0 saturated carbocycles. The van der Waals surface area contributed by atoms with E-state index >= 15 is 0 Å². The summed E-state index contributed by atoms with van der Waals surface area (Å²) in [6.45, 7) is 6.50. The first-order valence-electron chi connectivity index (χ1n) is 6.67. The highest BCUT2D eigenvalue weighted by Crippen LogP contribution is 2.11. The lowest BCUT2D eigenvalue weighted by atomic mass is 10.0. The molecule has 3 N–H and O–H groups in total. The van der Waals surface area contributed by atoms with Crippen LogP contribution in [0.2, 0.25) is 0 Å². The lowest BCUT2D eigenvalue weighted by Gasteiger charge is -2.15. The van der Waals surface area contributed by atoms with Gasteiger partial charge in [0, 0.05) is 6.04 Å². The maximum atomic E-state index is 5.70. The summed E-state index contributed by atoms with van der Waals surface area (Å²) >= 11 is 0. The maximum Gasteiger partial charge on any atom is 0.258 e. The molecule has 0 aliphatic heterocycles. The predicted octanol–water partition coefficient (Wildman–Crippen LogP) is 1.27. The number of hydrogen-bond acceptors (Lipinski definition) is 7. The summed E-state index contributed by atoms with van der Waals surface area (Å²) in [7, 11) is 0. The third kappa shape index (κ3) is 3.87. The molecule has 0 aliphatic carbocycles. The molecule has 1 atom stereocenters. The van der Waals surface area contributed by atoms with Crippen molar-refractivity contribution in [3.05, 3.63) is 12.7 Å². The maximum absolute atomic E-state index is 5.70. The first-order chi connectivity index (χ1) is 9.54. The third-order valence-electron chi connectivity index (χ3n) is 2.82. The van der Waals surface area contributed by atoms with E-state index in [1.165, 1.54) is 17.3 Å². The van der Waals surface area contributed by atoms with E-state index in [1.54, 1.807) is 0 Å². The molecule has 0 radical (unpaired) electrons. The number of nitrogens with one attached hydrogen (secondary N) is 1. The van der Waals surface area contributed by atoms with Gasteiger partial charge in [-0.25, -0.2) is 4.98 Å². The average Bonchev–Trinajstić information content (AvgIpc) is 2.89. The first kappa shape index (κ1) is 14.2. The Morgan fingerprint density at radius 3 is 2.65 bits per heavy atom. The molecule has 2 rings (SSSR count). The normalized spacial score (nSPS) is 12.6. The molecule has 1 unspecified atom stereocenters. The predicted molar refractivity (Wildman–Crippen MR) is 76.3 cm³/mol.